The summed E-state index contributed by atoms with van der Waals surface area (Å²) in [5.74, 6) is -0.916. The number of aromatic nitrogens is 1. The van der Waals surface area contributed by atoms with Crippen LogP contribution in [0.5, 0.6) is 0 Å². The van der Waals surface area contributed by atoms with E-state index in [1.807, 2.05) is 6.07 Å². The number of carbonyl (C=O) groups is 2. The van der Waals surface area contributed by atoms with Crippen LogP contribution in [-0.2, 0) is 22.6 Å². The smallest absolute Gasteiger partial charge is 0.321 e. The van der Waals surface area contributed by atoms with E-state index in [0.29, 0.717) is 6.42 Å². The Morgan fingerprint density at radius 2 is 2.22 bits per heavy atom. The Labute approximate surface area is 105 Å². The average molecular weight is 248 g/mol. The standard InChI is InChI=1S/C13H16N2O3/c16-9-6-10(14-11(7-9)13(17)18)12-4-3-8-2-1-5-15(8)12/h3-4,10-11,14H,1-2,5-7H2,(H,17,18). The number of Topliss-reactive ketones (excluding diaryl/α,β-unsaturated/α-hetero) is 1. The number of ketones is 1. The summed E-state index contributed by atoms with van der Waals surface area (Å²) in [4.78, 5) is 22.7. The summed E-state index contributed by atoms with van der Waals surface area (Å²) in [7, 11) is 0. The van der Waals surface area contributed by atoms with Crippen molar-refractivity contribution in [2.45, 2.75) is 44.3 Å². The van der Waals surface area contributed by atoms with Crippen molar-refractivity contribution < 1.29 is 14.7 Å². The quantitative estimate of drug-likeness (QED) is 0.815. The molecule has 0 saturated carbocycles. The molecular formula is C13H16N2O3. The zero-order chi connectivity index (χ0) is 12.7. The van der Waals surface area contributed by atoms with Crippen molar-refractivity contribution >= 4 is 11.8 Å². The van der Waals surface area contributed by atoms with Crippen molar-refractivity contribution in [1.29, 1.82) is 0 Å². The Morgan fingerprint density at radius 3 is 3.00 bits per heavy atom. The van der Waals surface area contributed by atoms with Gasteiger partial charge in [-0.15, -0.1) is 0 Å². The highest BCUT2D eigenvalue weighted by Gasteiger charge is 2.33. The topological polar surface area (TPSA) is 71.3 Å². The molecule has 5 heteroatoms. The second-order valence-corrected chi connectivity index (χ2v) is 5.06. The van der Waals surface area contributed by atoms with E-state index in [4.69, 9.17) is 5.11 Å². The number of fused-ring (bicyclic) bond motifs is 1. The van der Waals surface area contributed by atoms with Gasteiger partial charge in [0.15, 0.2) is 0 Å². The molecule has 2 unspecified atom stereocenters. The fraction of sp³-hybridized carbons (Fsp3) is 0.538. The molecule has 1 saturated heterocycles. The lowest BCUT2D eigenvalue weighted by Crippen LogP contribution is -2.46. The third-order valence-corrected chi connectivity index (χ3v) is 3.84. The summed E-state index contributed by atoms with van der Waals surface area (Å²) >= 11 is 0. The number of aryl methyl sites for hydroxylation is 1. The van der Waals surface area contributed by atoms with Gasteiger partial charge in [-0.05, 0) is 25.0 Å². The summed E-state index contributed by atoms with van der Waals surface area (Å²) < 4.78 is 2.22. The first-order valence-corrected chi connectivity index (χ1v) is 6.34. The van der Waals surface area contributed by atoms with Gasteiger partial charge in [-0.25, -0.2) is 0 Å². The zero-order valence-electron chi connectivity index (χ0n) is 10.1. The van der Waals surface area contributed by atoms with Gasteiger partial charge in [0.2, 0.25) is 0 Å². The zero-order valence-corrected chi connectivity index (χ0v) is 10.1. The lowest BCUT2D eigenvalue weighted by molar-refractivity contribution is -0.143. The molecule has 96 valence electrons. The Kier molecular flexibility index (Phi) is 2.70. The number of nitrogens with one attached hydrogen (secondary N) is 1. The van der Waals surface area contributed by atoms with Crippen LogP contribution in [0, 0.1) is 0 Å². The van der Waals surface area contributed by atoms with Gasteiger partial charge in [0, 0.05) is 30.8 Å². The number of nitrogens with zero attached hydrogens (tertiary/aromatic N) is 1. The van der Waals surface area contributed by atoms with Crippen LogP contribution in [0.25, 0.3) is 0 Å². The van der Waals surface area contributed by atoms with Crippen molar-refractivity contribution in [2.75, 3.05) is 0 Å². The van der Waals surface area contributed by atoms with Crippen LogP contribution in [-0.4, -0.2) is 27.5 Å². The van der Waals surface area contributed by atoms with Crippen LogP contribution in [0.3, 0.4) is 0 Å². The van der Waals surface area contributed by atoms with Crippen LogP contribution < -0.4 is 5.32 Å². The number of hydrogen-bond acceptors (Lipinski definition) is 3. The van der Waals surface area contributed by atoms with E-state index in [9.17, 15) is 9.59 Å². The molecule has 3 heterocycles. The average Bonchev–Trinajstić information content (AvgIpc) is 2.89. The molecule has 18 heavy (non-hydrogen) atoms. The molecule has 1 fully saturated rings. The SMILES string of the molecule is O=C1CC(C(=O)O)NC(c2ccc3n2CCC3)C1. The fourth-order valence-corrected chi connectivity index (χ4v) is 2.99. The molecular weight excluding hydrogens is 232 g/mol. The minimum absolute atomic E-state index is 0.0275. The predicted octanol–water partition coefficient (Wildman–Crippen LogP) is 0.881. The first-order valence-electron chi connectivity index (χ1n) is 6.34. The Morgan fingerprint density at radius 1 is 1.39 bits per heavy atom. The molecule has 2 atom stereocenters. The summed E-state index contributed by atoms with van der Waals surface area (Å²) in [6, 6.07) is 3.20. The molecule has 1 aromatic heterocycles. The normalized spacial score (nSPS) is 27.2. The van der Waals surface area contributed by atoms with Crippen LogP contribution >= 0.6 is 0 Å². The maximum absolute atomic E-state index is 11.7. The fourth-order valence-electron chi connectivity index (χ4n) is 2.99. The molecule has 5 nitrogen and oxygen atoms in total. The number of carbonyl (C=O) groups excluding carboxylic acids is 1. The molecule has 0 aliphatic carbocycles. The molecule has 0 aromatic carbocycles. The minimum atomic E-state index is -0.943. The van der Waals surface area contributed by atoms with E-state index in [-0.39, 0.29) is 18.2 Å². The molecule has 0 spiro atoms. The third-order valence-electron chi connectivity index (χ3n) is 3.84. The van der Waals surface area contributed by atoms with Gasteiger partial charge >= 0.3 is 5.97 Å². The molecule has 0 bridgehead atoms. The number of hydrogen-bond donors (Lipinski definition) is 2. The van der Waals surface area contributed by atoms with Crippen molar-refractivity contribution in [1.82, 2.24) is 9.88 Å². The Bertz CT molecular complexity index is 506. The van der Waals surface area contributed by atoms with Crippen molar-refractivity contribution in [3.8, 4) is 0 Å². The van der Waals surface area contributed by atoms with Gasteiger partial charge in [-0.2, -0.15) is 0 Å². The first-order chi connectivity index (χ1) is 8.65. The highest BCUT2D eigenvalue weighted by atomic mass is 16.4. The molecule has 0 radical (unpaired) electrons. The van der Waals surface area contributed by atoms with Gasteiger partial charge in [0.05, 0.1) is 6.04 Å². The predicted molar refractivity (Wildman–Crippen MR) is 64.3 cm³/mol. The summed E-state index contributed by atoms with van der Waals surface area (Å²) in [5, 5.41) is 12.1. The summed E-state index contributed by atoms with van der Waals surface area (Å²) in [6.07, 6.45) is 2.70. The molecule has 2 N–H and O–H groups in total. The monoisotopic (exact) mass is 248 g/mol. The molecule has 2 aliphatic rings. The molecule has 0 amide bonds. The van der Waals surface area contributed by atoms with E-state index < -0.39 is 12.0 Å². The minimum Gasteiger partial charge on any atom is -0.480 e. The van der Waals surface area contributed by atoms with Gasteiger partial charge < -0.3 is 9.67 Å². The second-order valence-electron chi connectivity index (χ2n) is 5.06. The maximum Gasteiger partial charge on any atom is 0.321 e. The number of carboxylic acids is 1. The van der Waals surface area contributed by atoms with Crippen LogP contribution in [0.1, 0.15) is 36.7 Å². The van der Waals surface area contributed by atoms with Gasteiger partial charge in [-0.3, -0.25) is 14.9 Å². The van der Waals surface area contributed by atoms with Crippen molar-refractivity contribution in [3.63, 3.8) is 0 Å². The van der Waals surface area contributed by atoms with Crippen molar-refractivity contribution in [3.05, 3.63) is 23.5 Å². The number of aliphatic carboxylic acids is 1. The second kappa shape index (κ2) is 4.24. The van der Waals surface area contributed by atoms with E-state index in [1.54, 1.807) is 0 Å². The van der Waals surface area contributed by atoms with E-state index >= 15 is 0 Å². The van der Waals surface area contributed by atoms with Crippen LogP contribution in [0.4, 0.5) is 0 Å². The molecule has 1 aromatic rings. The lowest BCUT2D eigenvalue weighted by Gasteiger charge is -2.28. The molecule has 3 rings (SSSR count). The third kappa shape index (κ3) is 1.84. The van der Waals surface area contributed by atoms with E-state index in [0.717, 1.165) is 25.1 Å². The van der Waals surface area contributed by atoms with Crippen molar-refractivity contribution in [2.24, 2.45) is 0 Å². The van der Waals surface area contributed by atoms with Gasteiger partial charge in [0.25, 0.3) is 0 Å². The summed E-state index contributed by atoms with van der Waals surface area (Å²) in [6.45, 7) is 0.974. The van der Waals surface area contributed by atoms with Gasteiger partial charge in [0.1, 0.15) is 11.8 Å². The van der Waals surface area contributed by atoms with Crippen LogP contribution in [0.15, 0.2) is 12.1 Å². The Balaban J connectivity index is 1.87. The van der Waals surface area contributed by atoms with Crippen LogP contribution in [0.2, 0.25) is 0 Å². The molecule has 2 aliphatic heterocycles. The van der Waals surface area contributed by atoms with E-state index in [1.165, 1.54) is 5.69 Å². The highest BCUT2D eigenvalue weighted by molar-refractivity contribution is 5.87. The van der Waals surface area contributed by atoms with E-state index in [2.05, 4.69) is 16.0 Å². The Hall–Kier alpha value is -1.62. The maximum atomic E-state index is 11.7. The highest BCUT2D eigenvalue weighted by Crippen LogP contribution is 2.28. The lowest BCUT2D eigenvalue weighted by atomic mass is 9.95. The summed E-state index contributed by atoms with van der Waals surface area (Å²) in [5.41, 5.74) is 2.35. The van der Waals surface area contributed by atoms with Gasteiger partial charge in [-0.1, -0.05) is 0 Å². The number of carboxylic acid groups (broad SMARTS) is 1. The first kappa shape index (κ1) is 11.5. The number of piperidine rings is 1. The number of rotatable bonds is 2. The largest absolute Gasteiger partial charge is 0.480 e.